The molecule has 324 valence electrons. The van der Waals surface area contributed by atoms with E-state index in [1.165, 1.54) is 35.2 Å². The lowest BCUT2D eigenvalue weighted by Gasteiger charge is -2.27. The van der Waals surface area contributed by atoms with Crippen molar-refractivity contribution in [2.45, 2.75) is 53.5 Å². The van der Waals surface area contributed by atoms with Crippen molar-refractivity contribution < 1.29 is 28.5 Å². The van der Waals surface area contributed by atoms with Crippen LogP contribution in [0.4, 0.5) is 0 Å². The monoisotopic (exact) mass is 932 g/mol. The second-order valence-corrected chi connectivity index (χ2v) is 23.1. The van der Waals surface area contributed by atoms with E-state index in [9.17, 15) is 9.59 Å². The number of rotatable bonds is 24. The second-order valence-electron chi connectivity index (χ2n) is 15.0. The maximum Gasteiger partial charge on any atom is 0.331 e. The van der Waals surface area contributed by atoms with Crippen molar-refractivity contribution in [2.24, 2.45) is 0 Å². The Labute approximate surface area is 388 Å². The van der Waals surface area contributed by atoms with Crippen LogP contribution in [0.3, 0.4) is 0 Å². The van der Waals surface area contributed by atoms with E-state index in [0.29, 0.717) is 20.7 Å². The maximum atomic E-state index is 12.8. The van der Waals surface area contributed by atoms with Gasteiger partial charge in [-0.2, -0.15) is 23.5 Å². The minimum atomic E-state index is -0.379. The molecular formula is C49H56O6S6. The van der Waals surface area contributed by atoms with Crippen LogP contribution in [0.25, 0.3) is 12.2 Å². The zero-order valence-electron chi connectivity index (χ0n) is 34.9. The highest BCUT2D eigenvalue weighted by atomic mass is 32.2. The van der Waals surface area contributed by atoms with Crippen molar-refractivity contribution >= 4 is 94.7 Å². The lowest BCUT2D eigenvalue weighted by Crippen LogP contribution is -2.27. The van der Waals surface area contributed by atoms with Crippen LogP contribution in [0.5, 0.6) is 11.5 Å². The Morgan fingerprint density at radius 1 is 0.590 bits per heavy atom. The zero-order chi connectivity index (χ0) is 42.5. The Hall–Kier alpha value is -3.00. The summed E-state index contributed by atoms with van der Waals surface area (Å²) in [6.07, 6.45) is 8.08. The van der Waals surface area contributed by atoms with Crippen LogP contribution < -0.4 is 9.47 Å². The molecule has 2 saturated heterocycles. The molecule has 0 N–H and O–H groups in total. The molecule has 2 atom stereocenters. The highest BCUT2D eigenvalue weighted by Crippen LogP contribution is 2.37. The number of hydrogen-bond acceptors (Lipinski definition) is 12. The molecule has 0 saturated carbocycles. The molecule has 6 rings (SSSR count). The van der Waals surface area contributed by atoms with E-state index >= 15 is 0 Å². The van der Waals surface area contributed by atoms with Gasteiger partial charge in [0.05, 0.1) is 9.16 Å². The molecule has 2 unspecified atom stereocenters. The van der Waals surface area contributed by atoms with Crippen LogP contribution in [0.1, 0.15) is 48.9 Å². The largest absolute Gasteiger partial charge is 0.490 e. The summed E-state index contributed by atoms with van der Waals surface area (Å²) >= 11 is 11.8. The van der Waals surface area contributed by atoms with E-state index in [0.717, 1.165) is 58.1 Å². The van der Waals surface area contributed by atoms with Crippen molar-refractivity contribution in [1.29, 1.82) is 0 Å². The summed E-state index contributed by atoms with van der Waals surface area (Å²) in [4.78, 5) is 25.7. The predicted octanol–water partition coefficient (Wildman–Crippen LogP) is 11.9. The summed E-state index contributed by atoms with van der Waals surface area (Å²) < 4.78 is 25.6. The van der Waals surface area contributed by atoms with Gasteiger partial charge in [0.1, 0.15) is 36.9 Å². The van der Waals surface area contributed by atoms with Crippen molar-refractivity contribution in [3.8, 4) is 11.5 Å². The summed E-state index contributed by atoms with van der Waals surface area (Å²) in [7, 11) is 0. The minimum absolute atomic E-state index is 0.275. The first-order valence-electron chi connectivity index (χ1n) is 20.8. The normalized spacial score (nSPS) is 15.9. The van der Waals surface area contributed by atoms with Crippen molar-refractivity contribution in [3.63, 3.8) is 0 Å². The number of benzene rings is 4. The molecule has 61 heavy (non-hydrogen) atoms. The first-order chi connectivity index (χ1) is 29.8. The molecule has 2 fully saturated rings. The van der Waals surface area contributed by atoms with Gasteiger partial charge in [0.25, 0.3) is 0 Å². The third kappa shape index (κ3) is 16.9. The number of esters is 2. The molecule has 6 nitrogen and oxygen atoms in total. The molecule has 0 aromatic heterocycles. The first-order valence-corrected chi connectivity index (χ1v) is 27.3. The third-order valence-corrected chi connectivity index (χ3v) is 18.6. The third-order valence-electron chi connectivity index (χ3n) is 10.00. The first kappa shape index (κ1) is 47.5. The zero-order valence-corrected chi connectivity index (χ0v) is 39.8. The van der Waals surface area contributed by atoms with E-state index in [1.54, 1.807) is 12.2 Å². The van der Waals surface area contributed by atoms with Crippen LogP contribution in [0.15, 0.2) is 121 Å². The molecule has 0 aliphatic carbocycles. The quantitative estimate of drug-likeness (QED) is 0.0382. The smallest absolute Gasteiger partial charge is 0.331 e. The number of thioether (sulfide) groups is 6. The average Bonchev–Trinajstić information content (AvgIpc) is 4.02. The van der Waals surface area contributed by atoms with Crippen LogP contribution in [0, 0.1) is 0 Å². The topological polar surface area (TPSA) is 71.1 Å². The van der Waals surface area contributed by atoms with Gasteiger partial charge in [-0.3, -0.25) is 0 Å². The standard InChI is InChI=1S/C49H56O6S6/c1-49(2,39-15-19-41(20-16-39)52-33-43(35-56-27-25-47-58-29-30-59-47)54-45(50)23-13-37-9-5-3-6-10-37)40-17-21-42(22-18-40)53-34-44(36-57-28-26-48-60-31-32-61-48)55-46(51)24-14-38-11-7-4-8-12-38/h3-24,43-44,47-48H,25-36H2,1-2H3/b23-13+,24-14+. The molecule has 0 amide bonds. The number of carbonyl (C=O) groups excluding carboxylic acids is 2. The van der Waals surface area contributed by atoms with Gasteiger partial charge < -0.3 is 18.9 Å². The predicted molar refractivity (Wildman–Crippen MR) is 268 cm³/mol. The lowest BCUT2D eigenvalue weighted by molar-refractivity contribution is -0.144. The van der Waals surface area contributed by atoms with Crippen molar-refractivity contribution in [3.05, 3.63) is 144 Å². The van der Waals surface area contributed by atoms with Gasteiger partial charge in [0.2, 0.25) is 0 Å². The lowest BCUT2D eigenvalue weighted by atomic mass is 9.78. The fourth-order valence-corrected chi connectivity index (χ4v) is 14.8. The average molecular weight is 933 g/mol. The fourth-order valence-electron chi connectivity index (χ4n) is 6.51. The second kappa shape index (κ2) is 25.9. The van der Waals surface area contributed by atoms with Gasteiger partial charge >= 0.3 is 11.9 Å². The Morgan fingerprint density at radius 2 is 0.967 bits per heavy atom. The molecule has 0 spiro atoms. The van der Waals surface area contributed by atoms with Gasteiger partial charge in [0, 0.05) is 52.1 Å². The van der Waals surface area contributed by atoms with E-state index in [1.807, 2.05) is 156 Å². The highest BCUT2D eigenvalue weighted by Gasteiger charge is 2.24. The van der Waals surface area contributed by atoms with Crippen LogP contribution >= 0.6 is 70.6 Å². The molecule has 0 radical (unpaired) electrons. The van der Waals surface area contributed by atoms with Gasteiger partial charge in [-0.1, -0.05) is 98.8 Å². The van der Waals surface area contributed by atoms with E-state index in [2.05, 4.69) is 38.1 Å². The molecule has 2 aliphatic rings. The summed E-state index contributed by atoms with van der Waals surface area (Å²) in [5.41, 5.74) is 3.89. The number of ether oxygens (including phenoxy) is 4. The Bertz CT molecular complexity index is 1810. The number of hydrogen-bond donors (Lipinski definition) is 0. The summed E-state index contributed by atoms with van der Waals surface area (Å²) in [6, 6.07) is 35.9. The molecule has 12 heteroatoms. The van der Waals surface area contributed by atoms with E-state index < -0.39 is 0 Å². The summed E-state index contributed by atoms with van der Waals surface area (Å²) in [5.74, 6) is 9.04. The summed E-state index contributed by atoms with van der Waals surface area (Å²) in [5, 5.41) is 0. The van der Waals surface area contributed by atoms with Crippen molar-refractivity contribution in [1.82, 2.24) is 0 Å². The van der Waals surface area contributed by atoms with Crippen LogP contribution in [-0.4, -0.2) is 92.5 Å². The molecular weight excluding hydrogens is 877 g/mol. The van der Waals surface area contributed by atoms with Crippen molar-refractivity contribution in [2.75, 3.05) is 59.2 Å². The molecule has 2 heterocycles. The van der Waals surface area contributed by atoms with Crippen LogP contribution in [0.2, 0.25) is 0 Å². The molecule has 2 aliphatic heterocycles. The minimum Gasteiger partial charge on any atom is -0.490 e. The number of carbonyl (C=O) groups is 2. The molecule has 4 aromatic rings. The van der Waals surface area contributed by atoms with E-state index in [4.69, 9.17) is 18.9 Å². The SMILES string of the molecule is CC(C)(c1ccc(OCC(CSCCC2SCCS2)OC(=O)/C=C/c2ccccc2)cc1)c1ccc(OCC(CSCCC2SCCS2)OC(=O)/C=C/c2ccccc2)cc1. The Kier molecular flexibility index (Phi) is 20.2. The van der Waals surface area contributed by atoms with Crippen LogP contribution in [-0.2, 0) is 24.5 Å². The Balaban J connectivity index is 1.00. The molecule has 0 bridgehead atoms. The maximum absolute atomic E-state index is 12.8. The highest BCUT2D eigenvalue weighted by molar-refractivity contribution is 8.20. The van der Waals surface area contributed by atoms with Gasteiger partial charge in [0.15, 0.2) is 0 Å². The van der Waals surface area contributed by atoms with Gasteiger partial charge in [-0.25, -0.2) is 9.59 Å². The van der Waals surface area contributed by atoms with Gasteiger partial charge in [-0.05, 0) is 83.0 Å². The Morgan fingerprint density at radius 3 is 1.34 bits per heavy atom. The molecule has 4 aromatic carbocycles. The fraction of sp³-hybridized carbons (Fsp3) is 0.388. The summed E-state index contributed by atoms with van der Waals surface area (Å²) in [6.45, 7) is 4.96. The van der Waals surface area contributed by atoms with Gasteiger partial charge in [-0.15, -0.1) is 47.0 Å². The van der Waals surface area contributed by atoms with E-state index in [-0.39, 0.29) is 42.8 Å².